The van der Waals surface area contributed by atoms with E-state index in [1.165, 1.54) is 19.3 Å². The van der Waals surface area contributed by atoms with Crippen molar-refractivity contribution in [3.8, 4) is 0 Å². The summed E-state index contributed by atoms with van der Waals surface area (Å²) in [5.41, 5.74) is 0.687. The van der Waals surface area contributed by atoms with Crippen molar-refractivity contribution in [2.75, 3.05) is 31.6 Å². The van der Waals surface area contributed by atoms with E-state index < -0.39 is 6.09 Å². The van der Waals surface area contributed by atoms with Gasteiger partial charge in [-0.1, -0.05) is 18.0 Å². The van der Waals surface area contributed by atoms with Gasteiger partial charge >= 0.3 is 6.09 Å². The number of benzene rings is 1. The number of carbonyl (C=O) groups is 1. The first kappa shape index (κ1) is 17.1. The third-order valence-corrected chi connectivity index (χ3v) is 3.43. The topological polar surface area (TPSA) is 41.6 Å². The van der Waals surface area contributed by atoms with Gasteiger partial charge in [0.2, 0.25) is 0 Å². The fourth-order valence-electron chi connectivity index (χ4n) is 2.14. The molecule has 1 aromatic rings. The van der Waals surface area contributed by atoms with Crippen molar-refractivity contribution in [2.45, 2.75) is 19.3 Å². The maximum Gasteiger partial charge on any atom is 0.411 e. The van der Waals surface area contributed by atoms with Gasteiger partial charge in [-0.25, -0.2) is 4.79 Å². The molecule has 112 valence electrons. The maximum absolute atomic E-state index is 11.6. The molecule has 0 aliphatic carbocycles. The second-order valence-electron chi connectivity index (χ2n) is 4.67. The van der Waals surface area contributed by atoms with Crippen molar-refractivity contribution < 1.29 is 21.9 Å². The molecular weight excluding hydrogens is 299 g/mol. The normalized spacial score (nSPS) is 15.2. The molecule has 1 heterocycles. The summed E-state index contributed by atoms with van der Waals surface area (Å²) >= 11 is 5.77. The smallest absolute Gasteiger partial charge is 0.411 e. The summed E-state index contributed by atoms with van der Waals surface area (Å²) in [7, 11) is 0. The molecule has 1 aliphatic rings. The number of ether oxygens (including phenoxy) is 1. The van der Waals surface area contributed by atoms with E-state index in [0.29, 0.717) is 17.3 Å². The van der Waals surface area contributed by atoms with E-state index in [1.807, 2.05) is 0 Å². The minimum absolute atomic E-state index is 0. The van der Waals surface area contributed by atoms with Crippen LogP contribution < -0.4 is 17.7 Å². The lowest BCUT2D eigenvalue weighted by molar-refractivity contribution is -0.00000947. The van der Waals surface area contributed by atoms with Crippen LogP contribution in [-0.4, -0.2) is 37.2 Å². The SMILES string of the molecule is O=C(Nc1ccc(Cl)cc1)OCCN1CCCCC1.[Cl-]. The number of rotatable bonds is 4. The highest BCUT2D eigenvalue weighted by molar-refractivity contribution is 6.30. The summed E-state index contributed by atoms with van der Waals surface area (Å²) < 4.78 is 5.15. The molecule has 0 atom stereocenters. The Morgan fingerprint density at radius 2 is 1.85 bits per heavy atom. The van der Waals surface area contributed by atoms with Gasteiger partial charge in [-0.3, -0.25) is 10.2 Å². The first-order valence-electron chi connectivity index (χ1n) is 6.66. The summed E-state index contributed by atoms with van der Waals surface area (Å²) in [5, 5.41) is 3.31. The Balaban J connectivity index is 0.00000200. The molecule has 0 saturated carbocycles. The van der Waals surface area contributed by atoms with Gasteiger partial charge in [0.1, 0.15) is 6.61 Å². The number of halogens is 2. The van der Waals surface area contributed by atoms with Crippen molar-refractivity contribution in [1.29, 1.82) is 0 Å². The number of amides is 1. The molecule has 1 saturated heterocycles. The molecule has 0 spiro atoms. The maximum atomic E-state index is 11.6. The van der Waals surface area contributed by atoms with Crippen LogP contribution in [-0.2, 0) is 4.74 Å². The molecule has 1 aromatic carbocycles. The fourth-order valence-corrected chi connectivity index (χ4v) is 2.26. The molecule has 1 fully saturated rings. The zero-order valence-corrected chi connectivity index (χ0v) is 12.8. The van der Waals surface area contributed by atoms with Gasteiger partial charge < -0.3 is 17.1 Å². The standard InChI is InChI=1S/C14H19ClN2O2.ClH/c15-12-4-6-13(7-5-12)16-14(18)19-11-10-17-8-2-1-3-9-17;/h4-7H,1-3,8-11H2,(H,16,18);1H/p-1. The Labute approximate surface area is 130 Å². The van der Waals surface area contributed by atoms with Crippen molar-refractivity contribution >= 4 is 23.4 Å². The van der Waals surface area contributed by atoms with Crippen LogP contribution in [0.5, 0.6) is 0 Å². The van der Waals surface area contributed by atoms with Gasteiger partial charge in [0.25, 0.3) is 0 Å². The fraction of sp³-hybridized carbons (Fsp3) is 0.500. The van der Waals surface area contributed by atoms with Crippen LogP contribution in [0.4, 0.5) is 10.5 Å². The molecule has 20 heavy (non-hydrogen) atoms. The molecule has 2 rings (SSSR count). The number of likely N-dealkylation sites (tertiary alicyclic amines) is 1. The molecule has 1 N–H and O–H groups in total. The quantitative estimate of drug-likeness (QED) is 0.873. The van der Waals surface area contributed by atoms with Crippen LogP contribution in [0, 0.1) is 0 Å². The zero-order valence-electron chi connectivity index (χ0n) is 11.3. The van der Waals surface area contributed by atoms with E-state index in [2.05, 4.69) is 10.2 Å². The zero-order chi connectivity index (χ0) is 13.5. The number of hydrogen-bond acceptors (Lipinski definition) is 3. The highest BCUT2D eigenvalue weighted by Crippen LogP contribution is 2.13. The molecule has 0 bridgehead atoms. The molecule has 1 aliphatic heterocycles. The Kier molecular flexibility index (Phi) is 7.73. The summed E-state index contributed by atoms with van der Waals surface area (Å²) in [5.74, 6) is 0. The summed E-state index contributed by atoms with van der Waals surface area (Å²) in [6, 6.07) is 6.94. The van der Waals surface area contributed by atoms with E-state index in [0.717, 1.165) is 19.6 Å². The van der Waals surface area contributed by atoms with E-state index in [9.17, 15) is 4.79 Å². The highest BCUT2D eigenvalue weighted by Gasteiger charge is 2.10. The van der Waals surface area contributed by atoms with Crippen molar-refractivity contribution in [2.24, 2.45) is 0 Å². The largest absolute Gasteiger partial charge is 1.00 e. The van der Waals surface area contributed by atoms with E-state index in [4.69, 9.17) is 16.3 Å². The third kappa shape index (κ3) is 5.99. The van der Waals surface area contributed by atoms with Crippen LogP contribution in [0.1, 0.15) is 19.3 Å². The second-order valence-corrected chi connectivity index (χ2v) is 5.11. The Morgan fingerprint density at radius 1 is 1.20 bits per heavy atom. The molecule has 1 amide bonds. The predicted octanol–water partition coefficient (Wildman–Crippen LogP) is 0.378. The lowest BCUT2D eigenvalue weighted by Gasteiger charge is -2.25. The van der Waals surface area contributed by atoms with Crippen molar-refractivity contribution in [3.63, 3.8) is 0 Å². The van der Waals surface area contributed by atoms with E-state index in [-0.39, 0.29) is 12.4 Å². The minimum Gasteiger partial charge on any atom is -1.00 e. The molecular formula is C14H19Cl2N2O2-. The van der Waals surface area contributed by atoms with Gasteiger partial charge in [-0.2, -0.15) is 0 Å². The first-order valence-corrected chi connectivity index (χ1v) is 7.03. The second kappa shape index (κ2) is 9.06. The van der Waals surface area contributed by atoms with Crippen molar-refractivity contribution in [1.82, 2.24) is 4.90 Å². The van der Waals surface area contributed by atoms with Gasteiger partial charge in [0.05, 0.1) is 0 Å². The minimum atomic E-state index is -0.417. The van der Waals surface area contributed by atoms with Crippen molar-refractivity contribution in [3.05, 3.63) is 29.3 Å². The third-order valence-electron chi connectivity index (χ3n) is 3.18. The van der Waals surface area contributed by atoms with Gasteiger partial charge in [0, 0.05) is 17.3 Å². The predicted molar refractivity (Wildman–Crippen MR) is 76.7 cm³/mol. The van der Waals surface area contributed by atoms with Gasteiger partial charge in [-0.15, -0.1) is 0 Å². The molecule has 6 heteroatoms. The monoisotopic (exact) mass is 317 g/mol. The average molecular weight is 318 g/mol. The Bertz CT molecular complexity index is 406. The summed E-state index contributed by atoms with van der Waals surface area (Å²) in [6.07, 6.45) is 3.39. The highest BCUT2D eigenvalue weighted by atomic mass is 35.5. The molecule has 0 aromatic heterocycles. The number of nitrogens with one attached hydrogen (secondary N) is 1. The first-order chi connectivity index (χ1) is 9.24. The molecule has 0 unspecified atom stereocenters. The van der Waals surface area contributed by atoms with Gasteiger partial charge in [-0.05, 0) is 50.2 Å². The summed E-state index contributed by atoms with van der Waals surface area (Å²) in [6.45, 7) is 3.47. The molecule has 0 radical (unpaired) electrons. The Morgan fingerprint density at radius 3 is 2.50 bits per heavy atom. The number of carbonyl (C=O) groups excluding carboxylic acids is 1. The van der Waals surface area contributed by atoms with Crippen LogP contribution in [0.3, 0.4) is 0 Å². The number of nitrogens with zero attached hydrogens (tertiary/aromatic N) is 1. The summed E-state index contributed by atoms with van der Waals surface area (Å²) in [4.78, 5) is 13.9. The van der Waals surface area contributed by atoms with Crippen LogP contribution in [0.2, 0.25) is 5.02 Å². The van der Waals surface area contributed by atoms with Crippen LogP contribution in [0.25, 0.3) is 0 Å². The lowest BCUT2D eigenvalue weighted by Crippen LogP contribution is -3.00. The number of piperidine rings is 1. The van der Waals surface area contributed by atoms with E-state index >= 15 is 0 Å². The Hall–Kier alpha value is -0.970. The van der Waals surface area contributed by atoms with Crippen LogP contribution >= 0.6 is 11.6 Å². The van der Waals surface area contributed by atoms with Gasteiger partial charge in [0.15, 0.2) is 0 Å². The number of anilines is 1. The average Bonchev–Trinajstić information content (AvgIpc) is 2.43. The lowest BCUT2D eigenvalue weighted by atomic mass is 10.1. The van der Waals surface area contributed by atoms with Crippen LogP contribution in [0.15, 0.2) is 24.3 Å². The van der Waals surface area contributed by atoms with E-state index in [1.54, 1.807) is 24.3 Å². The number of hydrogen-bond donors (Lipinski definition) is 1. The molecule has 4 nitrogen and oxygen atoms in total.